The number of hydrogen-bond acceptors (Lipinski definition) is 3. The summed E-state index contributed by atoms with van der Waals surface area (Å²) in [7, 11) is 0. The highest BCUT2D eigenvalue weighted by Crippen LogP contribution is 2.36. The molecule has 0 saturated carbocycles. The molecule has 0 spiro atoms. The summed E-state index contributed by atoms with van der Waals surface area (Å²) in [6, 6.07) is 4.67. The minimum atomic E-state index is -0.717. The molecule has 1 saturated heterocycles. The molecule has 1 aromatic rings. The molecule has 100 valence electrons. The lowest BCUT2D eigenvalue weighted by atomic mass is 10.0. The van der Waals surface area contributed by atoms with E-state index in [-0.39, 0.29) is 18.5 Å². The standard InChI is InChI=1S/C14H20FNO2/c1-9-6-7-16(13(9)8-17)14-11(10(2)18)4-3-5-12(14)15/h3-5,9-10,13,17-18H,6-8H2,1-2H3/t9?,10-,13?/m0/s1. The van der Waals surface area contributed by atoms with E-state index in [1.54, 1.807) is 19.1 Å². The molecule has 0 amide bonds. The maximum Gasteiger partial charge on any atom is 0.146 e. The fraction of sp³-hybridized carbons (Fsp3) is 0.571. The van der Waals surface area contributed by atoms with Crippen molar-refractivity contribution in [1.82, 2.24) is 0 Å². The zero-order valence-electron chi connectivity index (χ0n) is 10.8. The van der Waals surface area contributed by atoms with E-state index in [4.69, 9.17) is 0 Å². The molecule has 3 atom stereocenters. The Hall–Kier alpha value is -1.13. The summed E-state index contributed by atoms with van der Waals surface area (Å²) in [4.78, 5) is 1.89. The molecule has 0 aromatic heterocycles. The van der Waals surface area contributed by atoms with Gasteiger partial charge in [-0.3, -0.25) is 0 Å². The predicted molar refractivity (Wildman–Crippen MR) is 69.0 cm³/mol. The quantitative estimate of drug-likeness (QED) is 0.867. The third kappa shape index (κ3) is 2.22. The van der Waals surface area contributed by atoms with Crippen LogP contribution in [0.15, 0.2) is 18.2 Å². The molecule has 4 heteroatoms. The molecular weight excluding hydrogens is 233 g/mol. The number of benzene rings is 1. The van der Waals surface area contributed by atoms with Crippen LogP contribution in [0.5, 0.6) is 0 Å². The van der Waals surface area contributed by atoms with E-state index in [1.165, 1.54) is 6.07 Å². The van der Waals surface area contributed by atoms with Crippen molar-refractivity contribution in [2.24, 2.45) is 5.92 Å². The van der Waals surface area contributed by atoms with Crippen LogP contribution < -0.4 is 4.90 Å². The summed E-state index contributed by atoms with van der Waals surface area (Å²) in [5.41, 5.74) is 1.03. The molecule has 0 aliphatic carbocycles. The van der Waals surface area contributed by atoms with E-state index < -0.39 is 6.10 Å². The lowest BCUT2D eigenvalue weighted by Gasteiger charge is -2.30. The first-order valence-electron chi connectivity index (χ1n) is 6.40. The minimum Gasteiger partial charge on any atom is -0.394 e. The highest BCUT2D eigenvalue weighted by molar-refractivity contribution is 5.57. The highest BCUT2D eigenvalue weighted by atomic mass is 19.1. The number of anilines is 1. The minimum absolute atomic E-state index is 0.00868. The molecule has 1 aliphatic rings. The van der Waals surface area contributed by atoms with Crippen LogP contribution in [0.3, 0.4) is 0 Å². The van der Waals surface area contributed by atoms with Gasteiger partial charge in [0.15, 0.2) is 0 Å². The van der Waals surface area contributed by atoms with Crippen molar-refractivity contribution >= 4 is 5.69 Å². The van der Waals surface area contributed by atoms with Crippen LogP contribution in [0.4, 0.5) is 10.1 Å². The van der Waals surface area contributed by atoms with Gasteiger partial charge in [-0.05, 0) is 25.3 Å². The number of halogens is 1. The van der Waals surface area contributed by atoms with Gasteiger partial charge >= 0.3 is 0 Å². The van der Waals surface area contributed by atoms with Crippen LogP contribution in [0.25, 0.3) is 0 Å². The molecule has 18 heavy (non-hydrogen) atoms. The third-order valence-electron chi connectivity index (χ3n) is 3.82. The van der Waals surface area contributed by atoms with Gasteiger partial charge in [0.2, 0.25) is 0 Å². The monoisotopic (exact) mass is 253 g/mol. The van der Waals surface area contributed by atoms with Gasteiger partial charge in [0.25, 0.3) is 0 Å². The van der Waals surface area contributed by atoms with Crippen molar-refractivity contribution in [3.8, 4) is 0 Å². The molecule has 2 rings (SSSR count). The molecule has 1 heterocycles. The summed E-state index contributed by atoms with van der Waals surface area (Å²) in [5, 5.41) is 19.2. The van der Waals surface area contributed by atoms with Gasteiger partial charge < -0.3 is 15.1 Å². The molecule has 1 aromatic carbocycles. The Labute approximate surface area is 107 Å². The number of nitrogens with zero attached hydrogens (tertiary/aromatic N) is 1. The molecule has 1 fully saturated rings. The first kappa shape index (κ1) is 13.3. The molecule has 0 bridgehead atoms. The Kier molecular flexibility index (Phi) is 3.88. The molecule has 2 N–H and O–H groups in total. The van der Waals surface area contributed by atoms with Crippen molar-refractivity contribution < 1.29 is 14.6 Å². The maximum absolute atomic E-state index is 14.1. The largest absolute Gasteiger partial charge is 0.394 e. The van der Waals surface area contributed by atoms with E-state index in [1.807, 2.05) is 4.90 Å². The number of aliphatic hydroxyl groups excluding tert-OH is 2. The van der Waals surface area contributed by atoms with E-state index in [0.717, 1.165) is 6.42 Å². The fourth-order valence-corrected chi connectivity index (χ4v) is 2.74. The summed E-state index contributed by atoms with van der Waals surface area (Å²) >= 11 is 0. The fourth-order valence-electron chi connectivity index (χ4n) is 2.74. The molecular formula is C14H20FNO2. The number of hydrogen-bond donors (Lipinski definition) is 2. The number of rotatable bonds is 3. The maximum atomic E-state index is 14.1. The summed E-state index contributed by atoms with van der Waals surface area (Å²) in [6.07, 6.45) is 0.213. The van der Waals surface area contributed by atoms with Crippen LogP contribution in [0, 0.1) is 11.7 Å². The zero-order chi connectivity index (χ0) is 13.3. The van der Waals surface area contributed by atoms with Gasteiger partial charge in [0.05, 0.1) is 24.4 Å². The van der Waals surface area contributed by atoms with Crippen molar-refractivity contribution in [2.75, 3.05) is 18.1 Å². The summed E-state index contributed by atoms with van der Waals surface area (Å²) < 4.78 is 14.1. The van der Waals surface area contributed by atoms with E-state index in [9.17, 15) is 14.6 Å². The highest BCUT2D eigenvalue weighted by Gasteiger charge is 2.33. The van der Waals surface area contributed by atoms with Crippen molar-refractivity contribution in [3.05, 3.63) is 29.6 Å². The van der Waals surface area contributed by atoms with Gasteiger partial charge in [-0.25, -0.2) is 4.39 Å². The van der Waals surface area contributed by atoms with Gasteiger partial charge in [-0.2, -0.15) is 0 Å². The van der Waals surface area contributed by atoms with Crippen molar-refractivity contribution in [1.29, 1.82) is 0 Å². The second-order valence-electron chi connectivity index (χ2n) is 5.06. The van der Waals surface area contributed by atoms with E-state index >= 15 is 0 Å². The Morgan fingerprint density at radius 2 is 2.22 bits per heavy atom. The topological polar surface area (TPSA) is 43.7 Å². The molecule has 3 nitrogen and oxygen atoms in total. The van der Waals surface area contributed by atoms with Crippen LogP contribution in [0.2, 0.25) is 0 Å². The Balaban J connectivity index is 2.44. The van der Waals surface area contributed by atoms with Crippen molar-refractivity contribution in [3.63, 3.8) is 0 Å². The SMILES string of the molecule is CC1CCN(c2c(F)cccc2[C@H](C)O)C1CO. The summed E-state index contributed by atoms with van der Waals surface area (Å²) in [6.45, 7) is 4.41. The lowest BCUT2D eigenvalue weighted by Crippen LogP contribution is -2.36. The first-order chi connectivity index (χ1) is 8.56. The lowest BCUT2D eigenvalue weighted by molar-refractivity contribution is 0.198. The van der Waals surface area contributed by atoms with Crippen LogP contribution in [-0.4, -0.2) is 29.4 Å². The van der Waals surface area contributed by atoms with Gasteiger partial charge in [-0.15, -0.1) is 0 Å². The van der Waals surface area contributed by atoms with Gasteiger partial charge in [0.1, 0.15) is 5.82 Å². The van der Waals surface area contributed by atoms with Crippen LogP contribution >= 0.6 is 0 Å². The average molecular weight is 253 g/mol. The Morgan fingerprint density at radius 3 is 2.83 bits per heavy atom. The second kappa shape index (κ2) is 5.24. The number of para-hydroxylation sites is 1. The molecule has 1 aliphatic heterocycles. The first-order valence-corrected chi connectivity index (χ1v) is 6.40. The van der Waals surface area contributed by atoms with E-state index in [0.29, 0.717) is 23.7 Å². The second-order valence-corrected chi connectivity index (χ2v) is 5.06. The Bertz CT molecular complexity index is 422. The summed E-state index contributed by atoms with van der Waals surface area (Å²) in [5.74, 6) is -0.00240. The van der Waals surface area contributed by atoms with E-state index in [2.05, 4.69) is 6.92 Å². The number of aliphatic hydroxyl groups is 2. The molecule has 0 radical (unpaired) electrons. The average Bonchev–Trinajstić information content (AvgIpc) is 2.69. The normalized spacial score (nSPS) is 25.5. The predicted octanol–water partition coefficient (Wildman–Crippen LogP) is 2.09. The van der Waals surface area contributed by atoms with Gasteiger partial charge in [0, 0.05) is 12.1 Å². The van der Waals surface area contributed by atoms with Crippen LogP contribution in [0.1, 0.15) is 31.9 Å². The van der Waals surface area contributed by atoms with Crippen LogP contribution in [-0.2, 0) is 0 Å². The van der Waals surface area contributed by atoms with Crippen molar-refractivity contribution in [2.45, 2.75) is 32.4 Å². The Morgan fingerprint density at radius 1 is 1.50 bits per heavy atom. The van der Waals surface area contributed by atoms with Gasteiger partial charge in [-0.1, -0.05) is 19.1 Å². The molecule has 2 unspecified atom stereocenters. The zero-order valence-corrected chi connectivity index (χ0v) is 10.8. The third-order valence-corrected chi connectivity index (χ3v) is 3.82. The smallest absolute Gasteiger partial charge is 0.146 e.